The summed E-state index contributed by atoms with van der Waals surface area (Å²) in [5, 5.41) is 3.59. The van der Waals surface area contributed by atoms with Crippen molar-refractivity contribution in [2.24, 2.45) is 0 Å². The lowest BCUT2D eigenvalue weighted by Gasteiger charge is -2.13. The number of carbonyl (C=O) groups is 3. The number of benzene rings is 1. The van der Waals surface area contributed by atoms with E-state index in [2.05, 4.69) is 10.1 Å². The number of nitrogens with zero attached hydrogens (tertiary/aromatic N) is 3. The molecule has 8 nitrogen and oxygen atoms in total. The lowest BCUT2D eigenvalue weighted by Crippen LogP contribution is -2.31. The van der Waals surface area contributed by atoms with Crippen LogP contribution >= 0.6 is 0 Å². The van der Waals surface area contributed by atoms with Crippen molar-refractivity contribution < 1.29 is 23.6 Å². The van der Waals surface area contributed by atoms with Crippen LogP contribution in [0.3, 0.4) is 0 Å². The van der Waals surface area contributed by atoms with Crippen LogP contribution in [0.2, 0.25) is 0 Å². The maximum Gasteiger partial charge on any atom is 0.306 e. The Bertz CT molecular complexity index is 764. The second-order valence-electron chi connectivity index (χ2n) is 5.31. The molecule has 24 heavy (non-hydrogen) atoms. The van der Waals surface area contributed by atoms with Crippen molar-refractivity contribution in [3.63, 3.8) is 0 Å². The number of carbonyl (C=O) groups excluding carboxylic acids is 3. The number of amides is 2. The van der Waals surface area contributed by atoms with Gasteiger partial charge in [-0.1, -0.05) is 17.3 Å². The van der Waals surface area contributed by atoms with E-state index in [0.29, 0.717) is 23.4 Å². The molecule has 0 saturated heterocycles. The van der Waals surface area contributed by atoms with Crippen LogP contribution in [0.25, 0.3) is 0 Å². The molecule has 0 bridgehead atoms. The Kier molecular flexibility index (Phi) is 4.37. The van der Waals surface area contributed by atoms with E-state index in [4.69, 9.17) is 9.26 Å². The minimum absolute atomic E-state index is 0.0839. The summed E-state index contributed by atoms with van der Waals surface area (Å²) in [6.07, 6.45) is 0.410. The van der Waals surface area contributed by atoms with Gasteiger partial charge in [-0.2, -0.15) is 4.98 Å². The van der Waals surface area contributed by atoms with Crippen molar-refractivity contribution in [2.45, 2.75) is 26.4 Å². The first-order valence-corrected chi connectivity index (χ1v) is 7.46. The van der Waals surface area contributed by atoms with Crippen molar-refractivity contribution >= 4 is 17.8 Å². The largest absolute Gasteiger partial charge is 0.456 e. The first-order chi connectivity index (χ1) is 11.6. The molecular weight excluding hydrogens is 314 g/mol. The molecule has 2 aromatic rings. The minimum Gasteiger partial charge on any atom is -0.456 e. The third kappa shape index (κ3) is 3.17. The van der Waals surface area contributed by atoms with E-state index in [1.807, 2.05) is 0 Å². The summed E-state index contributed by atoms with van der Waals surface area (Å²) >= 11 is 0. The van der Waals surface area contributed by atoms with Gasteiger partial charge in [-0.15, -0.1) is 0 Å². The van der Waals surface area contributed by atoms with Crippen LogP contribution in [0.4, 0.5) is 0 Å². The number of esters is 1. The molecular formula is C16H15N3O5. The Morgan fingerprint density at radius 2 is 1.88 bits per heavy atom. The number of hydrogen-bond donors (Lipinski definition) is 0. The van der Waals surface area contributed by atoms with Crippen LogP contribution in [-0.2, 0) is 16.1 Å². The quantitative estimate of drug-likeness (QED) is 0.584. The fourth-order valence-electron chi connectivity index (χ4n) is 2.44. The molecule has 124 valence electrons. The van der Waals surface area contributed by atoms with Crippen molar-refractivity contribution in [2.75, 3.05) is 6.54 Å². The number of fused-ring (bicyclic) bond motifs is 1. The number of aromatic nitrogens is 2. The molecule has 0 unspecified atom stereocenters. The van der Waals surface area contributed by atoms with Crippen molar-refractivity contribution in [3.05, 3.63) is 47.1 Å². The Balaban J connectivity index is 1.46. The third-order valence-corrected chi connectivity index (χ3v) is 3.57. The van der Waals surface area contributed by atoms with Crippen molar-refractivity contribution in [1.29, 1.82) is 0 Å². The van der Waals surface area contributed by atoms with Crippen molar-refractivity contribution in [3.8, 4) is 0 Å². The third-order valence-electron chi connectivity index (χ3n) is 3.57. The van der Waals surface area contributed by atoms with E-state index < -0.39 is 5.97 Å². The normalized spacial score (nSPS) is 13.3. The average Bonchev–Trinajstić information content (AvgIpc) is 3.10. The van der Waals surface area contributed by atoms with Gasteiger partial charge in [0.15, 0.2) is 12.4 Å². The number of imide groups is 1. The highest BCUT2D eigenvalue weighted by Crippen LogP contribution is 2.22. The molecule has 0 fully saturated rings. The molecule has 0 atom stereocenters. The van der Waals surface area contributed by atoms with E-state index in [1.165, 1.54) is 0 Å². The molecule has 1 aromatic carbocycles. The maximum atomic E-state index is 12.2. The topological polar surface area (TPSA) is 103 Å². The molecule has 0 radical (unpaired) electrons. The van der Waals surface area contributed by atoms with E-state index >= 15 is 0 Å². The molecule has 1 aliphatic heterocycles. The minimum atomic E-state index is -0.456. The van der Waals surface area contributed by atoms with E-state index in [1.54, 1.807) is 31.2 Å². The second-order valence-corrected chi connectivity index (χ2v) is 5.31. The van der Waals surface area contributed by atoms with Crippen LogP contribution < -0.4 is 0 Å². The number of rotatable bonds is 6. The molecule has 8 heteroatoms. The predicted molar refractivity (Wildman–Crippen MR) is 79.9 cm³/mol. The smallest absolute Gasteiger partial charge is 0.306 e. The summed E-state index contributed by atoms with van der Waals surface area (Å²) in [6, 6.07) is 6.67. The van der Waals surface area contributed by atoms with E-state index in [-0.39, 0.29) is 37.3 Å². The average molecular weight is 329 g/mol. The summed E-state index contributed by atoms with van der Waals surface area (Å²) in [4.78, 5) is 41.1. The zero-order valence-corrected chi connectivity index (χ0v) is 13.0. The first kappa shape index (κ1) is 15.9. The van der Waals surface area contributed by atoms with E-state index in [9.17, 15) is 14.4 Å². The monoisotopic (exact) mass is 329 g/mol. The summed E-state index contributed by atoms with van der Waals surface area (Å²) in [7, 11) is 0. The first-order valence-electron chi connectivity index (χ1n) is 7.46. The highest BCUT2D eigenvalue weighted by molar-refractivity contribution is 6.21. The Labute approximate surface area is 137 Å². The summed E-state index contributed by atoms with van der Waals surface area (Å²) in [6.45, 7) is 1.74. The molecule has 0 saturated carbocycles. The van der Waals surface area contributed by atoms with Crippen LogP contribution in [0.1, 0.15) is 45.3 Å². The molecule has 1 aliphatic rings. The number of ether oxygens (including phenoxy) is 1. The molecule has 0 spiro atoms. The Morgan fingerprint density at radius 3 is 2.46 bits per heavy atom. The number of aryl methyl sites for hydroxylation is 1. The SMILES string of the molecule is Cc1noc(COC(=O)CCCN2C(=O)c3ccccc3C2=O)n1. The maximum absolute atomic E-state index is 12.2. The molecule has 2 amide bonds. The van der Waals surface area contributed by atoms with Gasteiger partial charge in [0.05, 0.1) is 11.1 Å². The van der Waals surface area contributed by atoms with Gasteiger partial charge in [0, 0.05) is 13.0 Å². The number of hydrogen-bond acceptors (Lipinski definition) is 7. The van der Waals surface area contributed by atoms with Crippen LogP contribution in [0, 0.1) is 6.92 Å². The zero-order chi connectivity index (χ0) is 17.1. The van der Waals surface area contributed by atoms with Gasteiger partial charge in [-0.3, -0.25) is 19.3 Å². The lowest BCUT2D eigenvalue weighted by atomic mass is 10.1. The fourth-order valence-corrected chi connectivity index (χ4v) is 2.44. The van der Waals surface area contributed by atoms with E-state index in [0.717, 1.165) is 4.90 Å². The molecule has 2 heterocycles. The Hall–Kier alpha value is -3.03. The van der Waals surface area contributed by atoms with Gasteiger partial charge in [0.2, 0.25) is 0 Å². The van der Waals surface area contributed by atoms with Crippen LogP contribution in [0.5, 0.6) is 0 Å². The molecule has 0 aliphatic carbocycles. The van der Waals surface area contributed by atoms with Gasteiger partial charge in [0.25, 0.3) is 17.7 Å². The molecule has 3 rings (SSSR count). The summed E-state index contributed by atoms with van der Waals surface area (Å²) in [5.74, 6) is -0.425. The van der Waals surface area contributed by atoms with Gasteiger partial charge < -0.3 is 9.26 Å². The van der Waals surface area contributed by atoms with Crippen LogP contribution in [-0.4, -0.2) is 39.4 Å². The highest BCUT2D eigenvalue weighted by atomic mass is 16.6. The molecule has 0 N–H and O–H groups in total. The summed E-state index contributed by atoms with van der Waals surface area (Å²) < 4.78 is 9.83. The lowest BCUT2D eigenvalue weighted by molar-refractivity contribution is -0.145. The second kappa shape index (κ2) is 6.61. The summed E-state index contributed by atoms with van der Waals surface area (Å²) in [5.41, 5.74) is 0.800. The van der Waals surface area contributed by atoms with Crippen molar-refractivity contribution in [1.82, 2.24) is 15.0 Å². The van der Waals surface area contributed by atoms with Gasteiger partial charge in [-0.05, 0) is 25.5 Å². The van der Waals surface area contributed by atoms with Gasteiger partial charge in [0.1, 0.15) is 0 Å². The zero-order valence-electron chi connectivity index (χ0n) is 13.0. The molecule has 1 aromatic heterocycles. The van der Waals surface area contributed by atoms with Crippen LogP contribution in [0.15, 0.2) is 28.8 Å². The standard InChI is InChI=1S/C16H15N3O5/c1-10-17-13(24-18-10)9-23-14(20)7-4-8-19-15(21)11-5-2-3-6-12(11)16(19)22/h2-3,5-6H,4,7-9H2,1H3. The highest BCUT2D eigenvalue weighted by Gasteiger charge is 2.34. The van der Waals surface area contributed by atoms with Gasteiger partial charge >= 0.3 is 5.97 Å². The Morgan fingerprint density at radius 1 is 1.21 bits per heavy atom. The fraction of sp³-hybridized carbons (Fsp3) is 0.312. The van der Waals surface area contributed by atoms with Gasteiger partial charge in [-0.25, -0.2) is 0 Å². The predicted octanol–water partition coefficient (Wildman–Crippen LogP) is 1.50.